The number of aromatic nitrogens is 2. The Hall–Kier alpha value is -2.64. The number of amides is 1. The fourth-order valence-corrected chi connectivity index (χ4v) is 4.78. The third-order valence-electron chi connectivity index (χ3n) is 4.64. The summed E-state index contributed by atoms with van der Waals surface area (Å²) in [5.74, 6) is -0.127. The van der Waals surface area contributed by atoms with Gasteiger partial charge in [-0.1, -0.05) is 29.5 Å². The summed E-state index contributed by atoms with van der Waals surface area (Å²) in [7, 11) is 0. The number of thioether (sulfide) groups is 1. The second-order valence-corrected chi connectivity index (χ2v) is 8.83. The van der Waals surface area contributed by atoms with E-state index in [1.807, 2.05) is 38.1 Å². The van der Waals surface area contributed by atoms with Crippen LogP contribution in [0.25, 0.3) is 11.8 Å². The molecule has 142 valence electrons. The van der Waals surface area contributed by atoms with Gasteiger partial charge in [0.1, 0.15) is 0 Å². The SMILES string of the molecule is Cc1nc(/N=C2\NC(=O)/C(=C/c3cc(C)n(-c4ccccc4)c3C)S2)sc1C. The molecule has 0 atom stereocenters. The van der Waals surface area contributed by atoms with Crippen LogP contribution in [0.15, 0.2) is 46.3 Å². The van der Waals surface area contributed by atoms with Crippen LogP contribution >= 0.6 is 23.1 Å². The highest BCUT2D eigenvalue weighted by Gasteiger charge is 2.25. The predicted octanol–water partition coefficient (Wildman–Crippen LogP) is 5.06. The zero-order valence-electron chi connectivity index (χ0n) is 16.1. The summed E-state index contributed by atoms with van der Waals surface area (Å²) in [4.78, 5) is 23.1. The summed E-state index contributed by atoms with van der Waals surface area (Å²) in [6.07, 6.45) is 1.93. The highest BCUT2D eigenvalue weighted by Crippen LogP contribution is 2.32. The van der Waals surface area contributed by atoms with Gasteiger partial charge in [0.15, 0.2) is 5.17 Å². The Bertz CT molecular complexity index is 1100. The number of hydrogen-bond acceptors (Lipinski definition) is 5. The van der Waals surface area contributed by atoms with Gasteiger partial charge in [0, 0.05) is 22.0 Å². The fraction of sp³-hybridized carbons (Fsp3) is 0.190. The highest BCUT2D eigenvalue weighted by atomic mass is 32.2. The number of hydrogen-bond donors (Lipinski definition) is 1. The molecule has 7 heteroatoms. The minimum atomic E-state index is -0.127. The Morgan fingerprint density at radius 3 is 2.57 bits per heavy atom. The van der Waals surface area contributed by atoms with Crippen molar-refractivity contribution in [3.05, 3.63) is 68.8 Å². The highest BCUT2D eigenvalue weighted by molar-refractivity contribution is 8.18. The molecular weight excluding hydrogens is 388 g/mol. The number of rotatable bonds is 3. The van der Waals surface area contributed by atoms with Crippen molar-refractivity contribution in [1.29, 1.82) is 0 Å². The van der Waals surface area contributed by atoms with Crippen molar-refractivity contribution in [1.82, 2.24) is 14.9 Å². The van der Waals surface area contributed by atoms with Crippen LogP contribution in [0, 0.1) is 27.7 Å². The normalized spacial score (nSPS) is 16.9. The summed E-state index contributed by atoms with van der Waals surface area (Å²) in [5, 5.41) is 4.08. The molecule has 1 amide bonds. The number of amidine groups is 1. The van der Waals surface area contributed by atoms with Gasteiger partial charge in [0.05, 0.1) is 10.6 Å². The van der Waals surface area contributed by atoms with Gasteiger partial charge in [-0.05, 0) is 69.3 Å². The maximum absolute atomic E-state index is 12.4. The van der Waals surface area contributed by atoms with Gasteiger partial charge in [0.2, 0.25) is 5.13 Å². The lowest BCUT2D eigenvalue weighted by Gasteiger charge is -2.09. The van der Waals surface area contributed by atoms with E-state index in [0.717, 1.165) is 33.2 Å². The van der Waals surface area contributed by atoms with Crippen molar-refractivity contribution in [3.8, 4) is 5.69 Å². The number of benzene rings is 1. The van der Waals surface area contributed by atoms with Crippen LogP contribution in [0.3, 0.4) is 0 Å². The Balaban J connectivity index is 1.64. The van der Waals surface area contributed by atoms with Gasteiger partial charge >= 0.3 is 0 Å². The molecule has 1 aliphatic rings. The molecule has 2 aromatic heterocycles. The Labute approximate surface area is 172 Å². The van der Waals surface area contributed by atoms with Gasteiger partial charge in [-0.15, -0.1) is 0 Å². The van der Waals surface area contributed by atoms with E-state index in [1.165, 1.54) is 23.1 Å². The van der Waals surface area contributed by atoms with Crippen molar-refractivity contribution in [2.75, 3.05) is 0 Å². The number of carbonyl (C=O) groups excluding carboxylic acids is 1. The molecule has 1 aromatic carbocycles. The van der Waals surface area contributed by atoms with Crippen LogP contribution in [0.1, 0.15) is 27.5 Å². The summed E-state index contributed by atoms with van der Waals surface area (Å²) < 4.78 is 2.19. The molecule has 0 aliphatic carbocycles. The summed E-state index contributed by atoms with van der Waals surface area (Å²) in [5.41, 5.74) is 5.34. The van der Waals surface area contributed by atoms with E-state index < -0.39 is 0 Å². The Morgan fingerprint density at radius 1 is 1.14 bits per heavy atom. The maximum atomic E-state index is 12.4. The smallest absolute Gasteiger partial charge is 0.264 e. The summed E-state index contributed by atoms with van der Waals surface area (Å²) in [6, 6.07) is 12.3. The lowest BCUT2D eigenvalue weighted by atomic mass is 10.2. The first-order chi connectivity index (χ1) is 13.4. The average molecular weight is 409 g/mol. The van der Waals surface area contributed by atoms with Crippen molar-refractivity contribution < 1.29 is 4.79 Å². The van der Waals surface area contributed by atoms with Crippen LogP contribution in [-0.4, -0.2) is 20.6 Å². The second kappa shape index (κ2) is 7.41. The van der Waals surface area contributed by atoms with Gasteiger partial charge < -0.3 is 9.88 Å². The molecule has 1 aliphatic heterocycles. The van der Waals surface area contributed by atoms with Crippen LogP contribution in [-0.2, 0) is 4.79 Å². The van der Waals surface area contributed by atoms with Gasteiger partial charge in [-0.25, -0.2) is 4.98 Å². The molecule has 0 spiro atoms. The van der Waals surface area contributed by atoms with E-state index in [2.05, 4.69) is 51.9 Å². The van der Waals surface area contributed by atoms with Crippen LogP contribution in [0.5, 0.6) is 0 Å². The molecule has 3 aromatic rings. The van der Waals surface area contributed by atoms with Crippen LogP contribution < -0.4 is 5.32 Å². The van der Waals surface area contributed by atoms with Gasteiger partial charge in [-0.3, -0.25) is 4.79 Å². The minimum absolute atomic E-state index is 0.127. The molecule has 1 N–H and O–H groups in total. The maximum Gasteiger partial charge on any atom is 0.264 e. The second-order valence-electron chi connectivity index (χ2n) is 6.62. The van der Waals surface area contributed by atoms with Crippen molar-refractivity contribution in [2.45, 2.75) is 27.7 Å². The van der Waals surface area contributed by atoms with E-state index in [9.17, 15) is 4.79 Å². The number of nitrogens with zero attached hydrogens (tertiary/aromatic N) is 3. The number of aryl methyl sites for hydroxylation is 3. The molecule has 3 heterocycles. The lowest BCUT2D eigenvalue weighted by Crippen LogP contribution is -2.19. The van der Waals surface area contributed by atoms with Crippen molar-refractivity contribution in [2.24, 2.45) is 4.99 Å². The first-order valence-electron chi connectivity index (χ1n) is 8.90. The third-order valence-corrected chi connectivity index (χ3v) is 6.51. The molecule has 0 unspecified atom stereocenters. The largest absolute Gasteiger partial charge is 0.318 e. The van der Waals surface area contributed by atoms with E-state index >= 15 is 0 Å². The average Bonchev–Trinajstić information content (AvgIpc) is 3.25. The number of nitrogens with one attached hydrogen (secondary N) is 1. The van der Waals surface area contributed by atoms with Crippen LogP contribution in [0.4, 0.5) is 5.13 Å². The van der Waals surface area contributed by atoms with Gasteiger partial charge in [-0.2, -0.15) is 4.99 Å². The predicted molar refractivity (Wildman–Crippen MR) is 118 cm³/mol. The van der Waals surface area contributed by atoms with E-state index in [0.29, 0.717) is 15.2 Å². The van der Waals surface area contributed by atoms with E-state index in [-0.39, 0.29) is 5.91 Å². The summed E-state index contributed by atoms with van der Waals surface area (Å²) >= 11 is 2.88. The number of thiazole rings is 1. The first kappa shape index (κ1) is 18.7. The molecule has 1 saturated heterocycles. The number of para-hydroxylation sites is 1. The van der Waals surface area contributed by atoms with E-state index in [4.69, 9.17) is 0 Å². The minimum Gasteiger partial charge on any atom is -0.318 e. The molecule has 0 radical (unpaired) electrons. The quantitative estimate of drug-likeness (QED) is 0.616. The fourth-order valence-electron chi connectivity index (χ4n) is 3.12. The van der Waals surface area contributed by atoms with Gasteiger partial charge in [0.25, 0.3) is 5.91 Å². The molecule has 0 saturated carbocycles. The molecule has 0 bridgehead atoms. The van der Waals surface area contributed by atoms with Crippen molar-refractivity contribution >= 4 is 45.4 Å². The van der Waals surface area contributed by atoms with E-state index in [1.54, 1.807) is 0 Å². The molecule has 28 heavy (non-hydrogen) atoms. The lowest BCUT2D eigenvalue weighted by molar-refractivity contribution is -0.115. The Morgan fingerprint density at radius 2 is 1.89 bits per heavy atom. The number of carbonyl (C=O) groups is 1. The first-order valence-corrected chi connectivity index (χ1v) is 10.5. The molecule has 4 rings (SSSR count). The van der Waals surface area contributed by atoms with Crippen LogP contribution in [0.2, 0.25) is 0 Å². The topological polar surface area (TPSA) is 59.3 Å². The zero-order valence-corrected chi connectivity index (χ0v) is 17.7. The third kappa shape index (κ3) is 3.55. The standard InChI is InChI=1S/C21H20N4OS2/c1-12-10-16(14(3)25(12)17-8-6-5-7-9-17)11-18-19(26)23-21(28-18)24-20-22-13(2)15(4)27-20/h5-11H,1-4H3,(H,22,23,24,26)/b18-11-. The Kier molecular flexibility index (Phi) is 4.95. The monoisotopic (exact) mass is 408 g/mol. The molecular formula is C21H20N4OS2. The molecule has 1 fully saturated rings. The molecule has 5 nitrogen and oxygen atoms in total. The van der Waals surface area contributed by atoms with Crippen molar-refractivity contribution in [3.63, 3.8) is 0 Å². The zero-order chi connectivity index (χ0) is 19.8. The summed E-state index contributed by atoms with van der Waals surface area (Å²) in [6.45, 7) is 8.12. The number of aliphatic imine (C=N–C) groups is 1.